The number of aliphatic imine (C=N–C) groups is 1. The number of hydrogen-bond donors (Lipinski definition) is 2. The number of ether oxygens (including phenoxy) is 2. The molecule has 1 aromatic rings. The minimum absolute atomic E-state index is 0. The van der Waals surface area contributed by atoms with Crippen molar-refractivity contribution >= 4 is 41.7 Å². The maximum absolute atomic E-state index is 11.6. The molecule has 30 heavy (non-hydrogen) atoms. The van der Waals surface area contributed by atoms with Crippen molar-refractivity contribution in [3.8, 4) is 5.75 Å². The molecule has 0 spiro atoms. The smallest absolute Gasteiger partial charge is 0.407 e. The maximum atomic E-state index is 11.6. The highest BCUT2D eigenvalue weighted by Gasteiger charge is 2.20. The summed E-state index contributed by atoms with van der Waals surface area (Å²) in [5.74, 6) is 1.77. The average Bonchev–Trinajstić information content (AvgIpc) is 2.69. The lowest BCUT2D eigenvalue weighted by Gasteiger charge is -2.37. The zero-order valence-corrected chi connectivity index (χ0v) is 21.1. The fourth-order valence-electron chi connectivity index (χ4n) is 3.11. The molecule has 170 valence electrons. The molecule has 0 radical (unpaired) electrons. The SMILES string of the molecule is CN=C(NCCCNC(=O)OC(C)(C)C)N1CCN(c2cccc(OC)c2)CC1.I. The Bertz CT molecular complexity index is 685. The number of piperazine rings is 1. The van der Waals surface area contributed by atoms with Gasteiger partial charge in [0.2, 0.25) is 0 Å². The van der Waals surface area contributed by atoms with E-state index in [0.717, 1.165) is 50.9 Å². The van der Waals surface area contributed by atoms with Crippen LogP contribution in [0.15, 0.2) is 29.3 Å². The van der Waals surface area contributed by atoms with Gasteiger partial charge in [0, 0.05) is 58.1 Å². The van der Waals surface area contributed by atoms with Crippen molar-refractivity contribution < 1.29 is 14.3 Å². The number of amides is 1. The van der Waals surface area contributed by atoms with Gasteiger partial charge in [0.15, 0.2) is 5.96 Å². The monoisotopic (exact) mass is 533 g/mol. The van der Waals surface area contributed by atoms with Crippen molar-refractivity contribution in [1.29, 1.82) is 0 Å². The second kappa shape index (κ2) is 12.7. The summed E-state index contributed by atoms with van der Waals surface area (Å²) in [4.78, 5) is 20.7. The highest BCUT2D eigenvalue weighted by Crippen LogP contribution is 2.22. The summed E-state index contributed by atoms with van der Waals surface area (Å²) in [6.07, 6.45) is 0.415. The number of hydrogen-bond acceptors (Lipinski definition) is 5. The van der Waals surface area contributed by atoms with E-state index in [2.05, 4.69) is 37.6 Å². The Kier molecular flexibility index (Phi) is 11.1. The third-order valence-electron chi connectivity index (χ3n) is 4.51. The van der Waals surface area contributed by atoms with Gasteiger partial charge in [0.25, 0.3) is 0 Å². The van der Waals surface area contributed by atoms with Crippen LogP contribution < -0.4 is 20.3 Å². The molecule has 1 amide bonds. The van der Waals surface area contributed by atoms with E-state index in [4.69, 9.17) is 9.47 Å². The molecule has 1 aliphatic heterocycles. The Balaban J connectivity index is 0.00000450. The zero-order valence-electron chi connectivity index (χ0n) is 18.7. The lowest BCUT2D eigenvalue weighted by atomic mass is 10.2. The van der Waals surface area contributed by atoms with E-state index in [9.17, 15) is 4.79 Å². The largest absolute Gasteiger partial charge is 0.497 e. The number of carbonyl (C=O) groups is 1. The molecule has 9 heteroatoms. The Morgan fingerprint density at radius 3 is 2.40 bits per heavy atom. The van der Waals surface area contributed by atoms with Crippen LogP contribution in [0.4, 0.5) is 10.5 Å². The highest BCUT2D eigenvalue weighted by molar-refractivity contribution is 14.0. The second-order valence-corrected chi connectivity index (χ2v) is 7.93. The molecule has 1 heterocycles. The Labute approximate surface area is 197 Å². The van der Waals surface area contributed by atoms with Crippen molar-refractivity contribution in [2.75, 3.05) is 58.3 Å². The van der Waals surface area contributed by atoms with Gasteiger partial charge < -0.3 is 29.9 Å². The molecule has 1 saturated heterocycles. The maximum Gasteiger partial charge on any atom is 0.407 e. The first-order valence-corrected chi connectivity index (χ1v) is 10.1. The molecule has 2 rings (SSSR count). The standard InChI is InChI=1S/C21H35N5O3.HI/c1-21(2,3)29-20(27)24-11-7-10-23-19(22-4)26-14-12-25(13-15-26)17-8-6-9-18(16-17)28-5;/h6,8-9,16H,7,10-15H2,1-5H3,(H,22,23)(H,24,27);1H. The van der Waals surface area contributed by atoms with E-state index >= 15 is 0 Å². The van der Waals surface area contributed by atoms with Gasteiger partial charge in [-0.05, 0) is 39.3 Å². The number of nitrogens with one attached hydrogen (secondary N) is 2. The quantitative estimate of drug-likeness (QED) is 0.254. The summed E-state index contributed by atoms with van der Waals surface area (Å²) in [5, 5.41) is 6.15. The first-order chi connectivity index (χ1) is 13.8. The van der Waals surface area contributed by atoms with Crippen molar-refractivity contribution in [3.05, 3.63) is 24.3 Å². The van der Waals surface area contributed by atoms with Crippen LogP contribution >= 0.6 is 24.0 Å². The van der Waals surface area contributed by atoms with Crippen LogP contribution in [0.1, 0.15) is 27.2 Å². The molecule has 0 bridgehead atoms. The normalized spacial score (nSPS) is 14.6. The van der Waals surface area contributed by atoms with E-state index in [-0.39, 0.29) is 30.1 Å². The number of rotatable bonds is 6. The van der Waals surface area contributed by atoms with Gasteiger partial charge in [0.05, 0.1) is 7.11 Å². The average molecular weight is 533 g/mol. The number of anilines is 1. The number of carbonyl (C=O) groups excluding carboxylic acids is 1. The lowest BCUT2D eigenvalue weighted by Crippen LogP contribution is -2.52. The predicted molar refractivity (Wildman–Crippen MR) is 132 cm³/mol. The summed E-state index contributed by atoms with van der Waals surface area (Å²) in [5.41, 5.74) is 0.706. The van der Waals surface area contributed by atoms with Crippen molar-refractivity contribution in [1.82, 2.24) is 15.5 Å². The van der Waals surface area contributed by atoms with Gasteiger partial charge in [-0.3, -0.25) is 4.99 Å². The van der Waals surface area contributed by atoms with Crippen LogP contribution in [-0.4, -0.2) is 76.0 Å². The summed E-state index contributed by atoms with van der Waals surface area (Å²) < 4.78 is 10.6. The first kappa shape index (κ1) is 26.1. The molecule has 0 atom stereocenters. The van der Waals surface area contributed by atoms with Crippen molar-refractivity contribution in [2.45, 2.75) is 32.8 Å². The molecule has 1 aliphatic rings. The topological polar surface area (TPSA) is 78.4 Å². The molecular weight excluding hydrogens is 497 g/mol. The van der Waals surface area contributed by atoms with Gasteiger partial charge >= 0.3 is 6.09 Å². The molecule has 8 nitrogen and oxygen atoms in total. The van der Waals surface area contributed by atoms with Crippen LogP contribution in [0.2, 0.25) is 0 Å². The number of guanidine groups is 1. The van der Waals surface area contributed by atoms with Crippen LogP contribution in [0.5, 0.6) is 5.75 Å². The van der Waals surface area contributed by atoms with Gasteiger partial charge in [-0.25, -0.2) is 4.79 Å². The van der Waals surface area contributed by atoms with Crippen molar-refractivity contribution in [2.24, 2.45) is 4.99 Å². The number of alkyl carbamates (subject to hydrolysis) is 1. The Hall–Kier alpha value is -1.91. The summed E-state index contributed by atoms with van der Waals surface area (Å²) in [6.45, 7) is 10.5. The fraction of sp³-hybridized carbons (Fsp3) is 0.619. The molecule has 0 aliphatic carbocycles. The first-order valence-electron chi connectivity index (χ1n) is 10.1. The predicted octanol–water partition coefficient (Wildman–Crippen LogP) is 2.93. The molecule has 1 fully saturated rings. The summed E-state index contributed by atoms with van der Waals surface area (Å²) in [6, 6.07) is 8.17. The number of methoxy groups -OCH3 is 1. The van der Waals surface area contributed by atoms with Gasteiger partial charge in [-0.2, -0.15) is 0 Å². The van der Waals surface area contributed by atoms with Gasteiger partial charge in [0.1, 0.15) is 11.4 Å². The Morgan fingerprint density at radius 2 is 1.80 bits per heavy atom. The number of nitrogens with zero attached hydrogens (tertiary/aromatic N) is 3. The number of halogens is 1. The zero-order chi connectivity index (χ0) is 21.3. The van der Waals surface area contributed by atoms with Gasteiger partial charge in [-0.1, -0.05) is 6.07 Å². The fourth-order valence-corrected chi connectivity index (χ4v) is 3.11. The highest BCUT2D eigenvalue weighted by atomic mass is 127. The minimum atomic E-state index is -0.475. The van der Waals surface area contributed by atoms with Gasteiger partial charge in [-0.15, -0.1) is 24.0 Å². The Morgan fingerprint density at radius 1 is 1.13 bits per heavy atom. The molecule has 0 saturated carbocycles. The number of benzene rings is 1. The van der Waals surface area contributed by atoms with E-state index in [1.165, 1.54) is 5.69 Å². The van der Waals surface area contributed by atoms with Crippen LogP contribution in [0.25, 0.3) is 0 Å². The van der Waals surface area contributed by atoms with Crippen molar-refractivity contribution in [3.63, 3.8) is 0 Å². The van der Waals surface area contributed by atoms with Crippen LogP contribution in [0.3, 0.4) is 0 Å². The van der Waals surface area contributed by atoms with E-state index in [0.29, 0.717) is 6.54 Å². The summed E-state index contributed by atoms with van der Waals surface area (Å²) >= 11 is 0. The van der Waals surface area contributed by atoms with E-state index in [1.54, 1.807) is 14.2 Å². The van der Waals surface area contributed by atoms with E-state index < -0.39 is 5.60 Å². The molecule has 0 aromatic heterocycles. The third-order valence-corrected chi connectivity index (χ3v) is 4.51. The van der Waals surface area contributed by atoms with Crippen LogP contribution in [0, 0.1) is 0 Å². The molecule has 2 N–H and O–H groups in total. The molecular formula is C21H36IN5O3. The third kappa shape index (κ3) is 8.85. The minimum Gasteiger partial charge on any atom is -0.497 e. The second-order valence-electron chi connectivity index (χ2n) is 7.93. The van der Waals surface area contributed by atoms with Crippen LogP contribution in [-0.2, 0) is 4.74 Å². The van der Waals surface area contributed by atoms with E-state index in [1.807, 2.05) is 32.9 Å². The molecule has 0 unspecified atom stereocenters. The summed E-state index contributed by atoms with van der Waals surface area (Å²) in [7, 11) is 3.49. The molecule has 1 aromatic carbocycles. The lowest BCUT2D eigenvalue weighted by molar-refractivity contribution is 0.0527.